The predicted octanol–water partition coefficient (Wildman–Crippen LogP) is 2.52. The van der Waals surface area contributed by atoms with Gasteiger partial charge in [-0.2, -0.15) is 0 Å². The lowest BCUT2D eigenvalue weighted by atomic mass is 10.2. The van der Waals surface area contributed by atoms with Crippen molar-refractivity contribution in [1.82, 2.24) is 0 Å². The lowest BCUT2D eigenvalue weighted by Crippen LogP contribution is -1.81. The largest absolute Gasteiger partial charge is 0.293 e. The SMILES string of the molecule is CCC/N=C\c1ccccc1. The van der Waals surface area contributed by atoms with Crippen LogP contribution in [0.25, 0.3) is 0 Å². The second-order valence-electron chi connectivity index (χ2n) is 2.45. The van der Waals surface area contributed by atoms with Crippen LogP contribution in [-0.2, 0) is 0 Å². The van der Waals surface area contributed by atoms with E-state index in [1.54, 1.807) is 0 Å². The molecule has 0 saturated carbocycles. The van der Waals surface area contributed by atoms with Crippen LogP contribution >= 0.6 is 0 Å². The summed E-state index contributed by atoms with van der Waals surface area (Å²) >= 11 is 0. The van der Waals surface area contributed by atoms with Crippen LogP contribution in [0.1, 0.15) is 18.9 Å². The molecule has 0 N–H and O–H groups in total. The topological polar surface area (TPSA) is 12.4 Å². The molecule has 0 spiro atoms. The van der Waals surface area contributed by atoms with Crippen molar-refractivity contribution in [1.29, 1.82) is 0 Å². The van der Waals surface area contributed by atoms with Crippen molar-refractivity contribution < 1.29 is 0 Å². The molecule has 0 heterocycles. The molecule has 0 aromatic heterocycles. The standard InChI is InChI=1S/C10H13N/c1-2-8-11-9-10-6-4-3-5-7-10/h3-7,9H,2,8H2,1H3/b11-9-. The molecule has 0 aliphatic carbocycles. The van der Waals surface area contributed by atoms with Gasteiger partial charge < -0.3 is 0 Å². The minimum absolute atomic E-state index is 0.925. The van der Waals surface area contributed by atoms with Crippen LogP contribution < -0.4 is 0 Å². The Kier molecular flexibility index (Phi) is 3.39. The first-order valence-corrected chi connectivity index (χ1v) is 3.98. The average molecular weight is 147 g/mol. The monoisotopic (exact) mass is 147 g/mol. The quantitative estimate of drug-likeness (QED) is 0.582. The van der Waals surface area contributed by atoms with Gasteiger partial charge in [0.05, 0.1) is 0 Å². The summed E-state index contributed by atoms with van der Waals surface area (Å²) in [6.45, 7) is 3.05. The Balaban J connectivity index is 2.50. The molecule has 1 heteroatoms. The summed E-state index contributed by atoms with van der Waals surface area (Å²) in [4.78, 5) is 4.24. The highest BCUT2D eigenvalue weighted by molar-refractivity contribution is 5.79. The number of nitrogens with zero attached hydrogens (tertiary/aromatic N) is 1. The van der Waals surface area contributed by atoms with E-state index in [9.17, 15) is 0 Å². The third-order valence-corrected chi connectivity index (χ3v) is 1.39. The fourth-order valence-corrected chi connectivity index (χ4v) is 0.838. The predicted molar refractivity (Wildman–Crippen MR) is 49.2 cm³/mol. The Morgan fingerprint density at radius 2 is 2.00 bits per heavy atom. The summed E-state index contributed by atoms with van der Waals surface area (Å²) in [5.41, 5.74) is 1.18. The van der Waals surface area contributed by atoms with Crippen molar-refractivity contribution in [3.05, 3.63) is 35.9 Å². The van der Waals surface area contributed by atoms with Gasteiger partial charge in [0, 0.05) is 12.8 Å². The smallest absolute Gasteiger partial charge is 0.0386 e. The minimum Gasteiger partial charge on any atom is -0.293 e. The zero-order chi connectivity index (χ0) is 7.94. The Morgan fingerprint density at radius 3 is 2.64 bits per heavy atom. The molecule has 1 rings (SSSR count). The maximum absolute atomic E-state index is 4.24. The van der Waals surface area contributed by atoms with Crippen molar-refractivity contribution in [3.8, 4) is 0 Å². The Labute approximate surface area is 67.8 Å². The van der Waals surface area contributed by atoms with Gasteiger partial charge in [-0.15, -0.1) is 0 Å². The zero-order valence-electron chi connectivity index (χ0n) is 6.83. The second-order valence-corrected chi connectivity index (χ2v) is 2.45. The molecule has 0 amide bonds. The summed E-state index contributed by atoms with van der Waals surface area (Å²) in [6, 6.07) is 10.2. The molecule has 11 heavy (non-hydrogen) atoms. The van der Waals surface area contributed by atoms with E-state index in [-0.39, 0.29) is 0 Å². The van der Waals surface area contributed by atoms with E-state index in [2.05, 4.69) is 24.0 Å². The van der Waals surface area contributed by atoms with Crippen LogP contribution in [0.3, 0.4) is 0 Å². The lowest BCUT2D eigenvalue weighted by Gasteiger charge is -1.89. The van der Waals surface area contributed by atoms with Gasteiger partial charge in [0.15, 0.2) is 0 Å². The highest BCUT2D eigenvalue weighted by atomic mass is 14.7. The van der Waals surface area contributed by atoms with Gasteiger partial charge in [-0.3, -0.25) is 4.99 Å². The molecule has 0 fully saturated rings. The van der Waals surface area contributed by atoms with E-state index in [1.807, 2.05) is 24.4 Å². The summed E-state index contributed by atoms with van der Waals surface area (Å²) in [7, 11) is 0. The van der Waals surface area contributed by atoms with Crippen LogP contribution in [-0.4, -0.2) is 12.8 Å². The van der Waals surface area contributed by atoms with Crippen LogP contribution in [0.2, 0.25) is 0 Å². The summed E-state index contributed by atoms with van der Waals surface area (Å²) in [5.74, 6) is 0. The molecule has 58 valence electrons. The third kappa shape index (κ3) is 2.99. The summed E-state index contributed by atoms with van der Waals surface area (Å²) in [5, 5.41) is 0. The highest BCUT2D eigenvalue weighted by Crippen LogP contribution is 1.93. The lowest BCUT2D eigenvalue weighted by molar-refractivity contribution is 0.937. The summed E-state index contributed by atoms with van der Waals surface area (Å²) in [6.07, 6.45) is 3.03. The number of rotatable bonds is 3. The molecule has 0 aliphatic heterocycles. The molecule has 0 unspecified atom stereocenters. The Hall–Kier alpha value is -1.11. The maximum atomic E-state index is 4.24. The van der Waals surface area contributed by atoms with Crippen LogP contribution in [0.5, 0.6) is 0 Å². The average Bonchev–Trinajstić information content (AvgIpc) is 2.07. The molecular formula is C10H13N. The molecule has 0 aliphatic rings. The molecule has 1 aromatic carbocycles. The van der Waals surface area contributed by atoms with Crippen molar-refractivity contribution in [3.63, 3.8) is 0 Å². The molecule has 1 aromatic rings. The number of benzene rings is 1. The van der Waals surface area contributed by atoms with Gasteiger partial charge in [-0.05, 0) is 12.0 Å². The van der Waals surface area contributed by atoms with Crippen LogP contribution in [0, 0.1) is 0 Å². The first-order valence-electron chi connectivity index (χ1n) is 3.98. The van der Waals surface area contributed by atoms with Crippen molar-refractivity contribution in [2.24, 2.45) is 4.99 Å². The fourth-order valence-electron chi connectivity index (χ4n) is 0.838. The van der Waals surface area contributed by atoms with Gasteiger partial charge in [0.25, 0.3) is 0 Å². The molecule has 0 atom stereocenters. The first-order chi connectivity index (χ1) is 5.43. The van der Waals surface area contributed by atoms with Crippen molar-refractivity contribution >= 4 is 6.21 Å². The number of hydrogen-bond acceptors (Lipinski definition) is 1. The van der Waals surface area contributed by atoms with Gasteiger partial charge >= 0.3 is 0 Å². The van der Waals surface area contributed by atoms with Gasteiger partial charge in [0.1, 0.15) is 0 Å². The maximum Gasteiger partial charge on any atom is 0.0386 e. The number of aliphatic imine (C=N–C) groups is 1. The second kappa shape index (κ2) is 4.67. The highest BCUT2D eigenvalue weighted by Gasteiger charge is 1.81. The zero-order valence-corrected chi connectivity index (χ0v) is 6.83. The van der Waals surface area contributed by atoms with E-state index in [1.165, 1.54) is 5.56 Å². The third-order valence-electron chi connectivity index (χ3n) is 1.39. The van der Waals surface area contributed by atoms with Crippen molar-refractivity contribution in [2.45, 2.75) is 13.3 Å². The van der Waals surface area contributed by atoms with Gasteiger partial charge in [0.2, 0.25) is 0 Å². The van der Waals surface area contributed by atoms with Crippen LogP contribution in [0.15, 0.2) is 35.3 Å². The molecule has 0 saturated heterocycles. The number of hydrogen-bond donors (Lipinski definition) is 0. The Morgan fingerprint density at radius 1 is 1.27 bits per heavy atom. The first kappa shape index (κ1) is 7.99. The van der Waals surface area contributed by atoms with Gasteiger partial charge in [-0.25, -0.2) is 0 Å². The molecule has 0 bridgehead atoms. The van der Waals surface area contributed by atoms with Crippen molar-refractivity contribution in [2.75, 3.05) is 6.54 Å². The van der Waals surface area contributed by atoms with Gasteiger partial charge in [-0.1, -0.05) is 37.3 Å². The minimum atomic E-state index is 0.925. The summed E-state index contributed by atoms with van der Waals surface area (Å²) < 4.78 is 0. The van der Waals surface area contributed by atoms with E-state index >= 15 is 0 Å². The molecule has 0 radical (unpaired) electrons. The molecular weight excluding hydrogens is 134 g/mol. The van der Waals surface area contributed by atoms with E-state index in [0.717, 1.165) is 13.0 Å². The normalized spacial score (nSPS) is 10.6. The Bertz CT molecular complexity index is 214. The van der Waals surface area contributed by atoms with Crippen LogP contribution in [0.4, 0.5) is 0 Å². The fraction of sp³-hybridized carbons (Fsp3) is 0.300. The molecule has 1 nitrogen and oxygen atoms in total. The van der Waals surface area contributed by atoms with E-state index in [4.69, 9.17) is 0 Å². The van der Waals surface area contributed by atoms with E-state index < -0.39 is 0 Å². The van der Waals surface area contributed by atoms with E-state index in [0.29, 0.717) is 0 Å².